The lowest BCUT2D eigenvalue weighted by Gasteiger charge is -2.41. The van der Waals surface area contributed by atoms with Crippen molar-refractivity contribution in [2.75, 3.05) is 6.54 Å². The predicted octanol–water partition coefficient (Wildman–Crippen LogP) is 3.56. The van der Waals surface area contributed by atoms with E-state index in [1.807, 2.05) is 0 Å². The monoisotopic (exact) mass is 291 g/mol. The van der Waals surface area contributed by atoms with E-state index in [0.717, 1.165) is 32.2 Å². The summed E-state index contributed by atoms with van der Waals surface area (Å²) >= 11 is 0. The van der Waals surface area contributed by atoms with Crippen molar-refractivity contribution in [1.82, 2.24) is 4.90 Å². The number of carbonyl (C=O) groups excluding carboxylic acids is 2. The summed E-state index contributed by atoms with van der Waals surface area (Å²) in [5, 5.41) is 0. The maximum Gasteiger partial charge on any atom is 0.225 e. The molecule has 3 nitrogen and oxygen atoms in total. The number of hydrogen-bond acceptors (Lipinski definition) is 2. The van der Waals surface area contributed by atoms with E-state index >= 15 is 0 Å². The zero-order valence-electron chi connectivity index (χ0n) is 13.4. The smallest absolute Gasteiger partial charge is 0.225 e. The van der Waals surface area contributed by atoms with E-state index in [2.05, 4.69) is 11.8 Å². The van der Waals surface area contributed by atoms with E-state index in [1.54, 1.807) is 0 Å². The molecular formula is C18H29NO2. The van der Waals surface area contributed by atoms with Crippen LogP contribution in [0.2, 0.25) is 0 Å². The summed E-state index contributed by atoms with van der Waals surface area (Å²) in [6.07, 6.45) is 11.1. The second kappa shape index (κ2) is 6.50. The van der Waals surface area contributed by atoms with Crippen LogP contribution in [0.5, 0.6) is 0 Å². The number of fused-ring (bicyclic) bond motifs is 2. The van der Waals surface area contributed by atoms with E-state index in [1.165, 1.54) is 38.5 Å². The van der Waals surface area contributed by atoms with Crippen LogP contribution in [0.25, 0.3) is 0 Å². The van der Waals surface area contributed by atoms with Gasteiger partial charge in [-0.3, -0.25) is 9.59 Å². The van der Waals surface area contributed by atoms with Crippen molar-refractivity contribution >= 4 is 11.7 Å². The van der Waals surface area contributed by atoms with Crippen molar-refractivity contribution in [3.05, 3.63) is 0 Å². The van der Waals surface area contributed by atoms with Gasteiger partial charge in [-0.15, -0.1) is 0 Å². The van der Waals surface area contributed by atoms with Gasteiger partial charge in [-0.2, -0.15) is 0 Å². The van der Waals surface area contributed by atoms with Gasteiger partial charge in [0.05, 0.1) is 0 Å². The van der Waals surface area contributed by atoms with Gasteiger partial charge >= 0.3 is 0 Å². The molecule has 3 saturated carbocycles. The molecular weight excluding hydrogens is 262 g/mol. The van der Waals surface area contributed by atoms with Gasteiger partial charge in [-0.25, -0.2) is 0 Å². The molecule has 21 heavy (non-hydrogen) atoms. The first-order valence-electron chi connectivity index (χ1n) is 9.05. The van der Waals surface area contributed by atoms with Crippen LogP contribution in [0.3, 0.4) is 0 Å². The average molecular weight is 291 g/mol. The highest BCUT2D eigenvalue weighted by atomic mass is 16.2. The molecule has 0 aromatic rings. The van der Waals surface area contributed by atoms with Crippen molar-refractivity contribution in [2.24, 2.45) is 17.8 Å². The Bertz CT molecular complexity index is 384. The second-order valence-electron chi connectivity index (χ2n) is 7.31. The molecule has 0 aromatic carbocycles. The summed E-state index contributed by atoms with van der Waals surface area (Å²) in [5.41, 5.74) is 0. The predicted molar refractivity (Wildman–Crippen MR) is 82.8 cm³/mol. The quantitative estimate of drug-likeness (QED) is 0.797. The second-order valence-corrected chi connectivity index (χ2v) is 7.31. The van der Waals surface area contributed by atoms with Crippen molar-refractivity contribution in [3.8, 4) is 0 Å². The number of amides is 1. The summed E-state index contributed by atoms with van der Waals surface area (Å²) in [6, 6.07) is 0.466. The highest BCUT2D eigenvalue weighted by Crippen LogP contribution is 2.41. The minimum absolute atomic E-state index is 0.125. The molecule has 3 aliphatic carbocycles. The summed E-state index contributed by atoms with van der Waals surface area (Å²) in [5.74, 6) is 1.33. The zero-order chi connectivity index (χ0) is 14.8. The number of nitrogens with zero attached hydrogens (tertiary/aromatic N) is 1. The molecule has 0 saturated heterocycles. The lowest BCUT2D eigenvalue weighted by molar-refractivity contribution is -0.145. The van der Waals surface area contributed by atoms with Crippen LogP contribution in [0.4, 0.5) is 0 Å². The van der Waals surface area contributed by atoms with Crippen LogP contribution in [-0.2, 0) is 9.59 Å². The van der Waals surface area contributed by atoms with Gasteiger partial charge in [0, 0.05) is 30.3 Å². The molecule has 3 rings (SSSR count). The molecule has 2 atom stereocenters. The molecule has 1 amide bonds. The highest BCUT2D eigenvalue weighted by Gasteiger charge is 2.42. The number of rotatable bonds is 3. The number of carbonyl (C=O) groups is 2. The Balaban J connectivity index is 1.67. The standard InChI is InChI=1S/C18H29NO2/c1-2-19(16-9-4-3-5-10-16)18(21)15-11-13-7-6-8-14(12-15)17(13)20/h13-16H,2-12H2,1H3. The Morgan fingerprint density at radius 1 is 1.00 bits per heavy atom. The number of Topliss-reactive ketones (excluding diaryl/α,β-unsaturated/α-hetero) is 1. The van der Waals surface area contributed by atoms with Crippen molar-refractivity contribution in [3.63, 3.8) is 0 Å². The van der Waals surface area contributed by atoms with E-state index in [4.69, 9.17) is 0 Å². The Kier molecular flexibility index (Phi) is 4.66. The van der Waals surface area contributed by atoms with Gasteiger partial charge in [0.2, 0.25) is 5.91 Å². The van der Waals surface area contributed by atoms with E-state index in [9.17, 15) is 9.59 Å². The summed E-state index contributed by atoms with van der Waals surface area (Å²) in [4.78, 5) is 27.3. The third-order valence-corrected chi connectivity index (χ3v) is 6.04. The molecule has 0 aromatic heterocycles. The molecule has 3 aliphatic rings. The Morgan fingerprint density at radius 2 is 1.62 bits per heavy atom. The fourth-order valence-electron chi connectivity index (χ4n) is 4.90. The van der Waals surface area contributed by atoms with E-state index in [-0.39, 0.29) is 17.8 Å². The first-order valence-corrected chi connectivity index (χ1v) is 9.05. The van der Waals surface area contributed by atoms with Crippen molar-refractivity contribution < 1.29 is 9.59 Å². The van der Waals surface area contributed by atoms with Crippen LogP contribution in [0.15, 0.2) is 0 Å². The fraction of sp³-hybridized carbons (Fsp3) is 0.889. The topological polar surface area (TPSA) is 37.4 Å². The van der Waals surface area contributed by atoms with Gasteiger partial charge in [0.25, 0.3) is 0 Å². The maximum absolute atomic E-state index is 13.0. The van der Waals surface area contributed by atoms with Gasteiger partial charge in [0.1, 0.15) is 5.78 Å². The summed E-state index contributed by atoms with van der Waals surface area (Å²) in [6.45, 7) is 2.95. The fourth-order valence-corrected chi connectivity index (χ4v) is 4.90. The summed E-state index contributed by atoms with van der Waals surface area (Å²) < 4.78 is 0. The lowest BCUT2D eigenvalue weighted by Crippen LogP contribution is -2.48. The molecule has 0 aliphatic heterocycles. The SMILES string of the molecule is CCN(C(=O)C1CC2CCCC(C1)C2=O)C1CCCCC1. The van der Waals surface area contributed by atoms with Gasteiger partial charge in [-0.1, -0.05) is 25.7 Å². The normalized spacial score (nSPS) is 33.8. The molecule has 3 heteroatoms. The highest BCUT2D eigenvalue weighted by molar-refractivity contribution is 5.88. The van der Waals surface area contributed by atoms with Crippen LogP contribution < -0.4 is 0 Å². The number of ketones is 1. The lowest BCUT2D eigenvalue weighted by atomic mass is 9.66. The molecule has 2 unspecified atom stereocenters. The summed E-state index contributed by atoms with van der Waals surface area (Å²) in [7, 11) is 0. The Hall–Kier alpha value is -0.860. The zero-order valence-corrected chi connectivity index (χ0v) is 13.4. The molecule has 0 N–H and O–H groups in total. The molecule has 2 bridgehead atoms. The average Bonchev–Trinajstić information content (AvgIpc) is 2.48. The van der Waals surface area contributed by atoms with Crippen LogP contribution in [0, 0.1) is 17.8 Å². The van der Waals surface area contributed by atoms with E-state index < -0.39 is 0 Å². The van der Waals surface area contributed by atoms with Crippen molar-refractivity contribution in [2.45, 2.75) is 77.2 Å². The molecule has 118 valence electrons. The van der Waals surface area contributed by atoms with Crippen molar-refractivity contribution in [1.29, 1.82) is 0 Å². The molecule has 0 radical (unpaired) electrons. The third-order valence-electron chi connectivity index (χ3n) is 6.04. The van der Waals surface area contributed by atoms with Crippen LogP contribution >= 0.6 is 0 Å². The minimum Gasteiger partial charge on any atom is -0.340 e. The van der Waals surface area contributed by atoms with Gasteiger partial charge < -0.3 is 4.90 Å². The van der Waals surface area contributed by atoms with E-state index in [0.29, 0.717) is 17.7 Å². The van der Waals surface area contributed by atoms with Crippen LogP contribution in [0.1, 0.15) is 71.1 Å². The Morgan fingerprint density at radius 3 is 2.19 bits per heavy atom. The third kappa shape index (κ3) is 3.02. The van der Waals surface area contributed by atoms with Gasteiger partial charge in [-0.05, 0) is 45.4 Å². The minimum atomic E-state index is 0.125. The van der Waals surface area contributed by atoms with Crippen LogP contribution in [-0.4, -0.2) is 29.2 Å². The first-order chi connectivity index (χ1) is 10.2. The number of hydrogen-bond donors (Lipinski definition) is 0. The maximum atomic E-state index is 13.0. The first kappa shape index (κ1) is 15.1. The van der Waals surface area contributed by atoms with Gasteiger partial charge in [0.15, 0.2) is 0 Å². The molecule has 0 spiro atoms. The Labute approximate surface area is 128 Å². The largest absolute Gasteiger partial charge is 0.340 e. The molecule has 0 heterocycles. The molecule has 3 fully saturated rings.